The second-order valence-corrected chi connectivity index (χ2v) is 3.26. The second-order valence-electron chi connectivity index (χ2n) is 3.26. The van der Waals surface area contributed by atoms with Gasteiger partial charge in [-0.2, -0.15) is 0 Å². The van der Waals surface area contributed by atoms with Crippen molar-refractivity contribution in [3.63, 3.8) is 0 Å². The molecule has 4 heteroatoms. The van der Waals surface area contributed by atoms with E-state index in [-0.39, 0.29) is 5.76 Å². The van der Waals surface area contributed by atoms with Crippen LogP contribution in [0.3, 0.4) is 0 Å². The maximum Gasteiger partial charge on any atom is 0.284 e. The van der Waals surface area contributed by atoms with Crippen molar-refractivity contribution in [2.24, 2.45) is 5.73 Å². The number of furan rings is 1. The summed E-state index contributed by atoms with van der Waals surface area (Å²) in [6.45, 7) is 0. The van der Waals surface area contributed by atoms with Crippen LogP contribution in [0.1, 0.15) is 10.6 Å². The largest absolute Gasteiger partial charge is 0.497 e. The molecule has 1 amide bonds. The molecule has 1 aromatic heterocycles. The van der Waals surface area contributed by atoms with E-state index in [1.165, 1.54) is 0 Å². The highest BCUT2D eigenvalue weighted by molar-refractivity contribution is 5.90. The van der Waals surface area contributed by atoms with Crippen LogP contribution in [0.25, 0.3) is 11.3 Å². The van der Waals surface area contributed by atoms with E-state index in [9.17, 15) is 4.79 Å². The third-order valence-corrected chi connectivity index (χ3v) is 2.20. The molecule has 0 bridgehead atoms. The minimum absolute atomic E-state index is 0.151. The summed E-state index contributed by atoms with van der Waals surface area (Å²) in [4.78, 5) is 10.9. The maximum absolute atomic E-state index is 10.9. The van der Waals surface area contributed by atoms with E-state index in [0.717, 1.165) is 11.3 Å². The summed E-state index contributed by atoms with van der Waals surface area (Å²) in [5.41, 5.74) is 5.94. The molecule has 16 heavy (non-hydrogen) atoms. The van der Waals surface area contributed by atoms with Crippen LogP contribution in [0.2, 0.25) is 0 Å². The molecule has 2 aromatic rings. The Balaban J connectivity index is 2.38. The number of rotatable bonds is 3. The minimum Gasteiger partial charge on any atom is -0.497 e. The predicted octanol–water partition coefficient (Wildman–Crippen LogP) is 2.05. The van der Waals surface area contributed by atoms with Gasteiger partial charge in [-0.25, -0.2) is 0 Å². The lowest BCUT2D eigenvalue weighted by Crippen LogP contribution is -2.09. The van der Waals surface area contributed by atoms with Gasteiger partial charge in [-0.15, -0.1) is 0 Å². The molecular formula is C12H11NO3. The van der Waals surface area contributed by atoms with Gasteiger partial charge in [-0.05, 0) is 24.3 Å². The highest BCUT2D eigenvalue weighted by Crippen LogP contribution is 2.25. The Morgan fingerprint density at radius 2 is 2.12 bits per heavy atom. The van der Waals surface area contributed by atoms with E-state index in [0.29, 0.717) is 5.76 Å². The average Bonchev–Trinajstić information content (AvgIpc) is 2.78. The summed E-state index contributed by atoms with van der Waals surface area (Å²) >= 11 is 0. The first-order valence-electron chi connectivity index (χ1n) is 4.75. The molecule has 2 rings (SSSR count). The Morgan fingerprint density at radius 1 is 1.31 bits per heavy atom. The first-order chi connectivity index (χ1) is 7.70. The fourth-order valence-corrected chi connectivity index (χ4v) is 1.40. The average molecular weight is 217 g/mol. The van der Waals surface area contributed by atoms with Crippen molar-refractivity contribution < 1.29 is 13.9 Å². The topological polar surface area (TPSA) is 65.5 Å². The monoisotopic (exact) mass is 217 g/mol. The molecule has 0 atom stereocenters. The second kappa shape index (κ2) is 4.10. The molecule has 2 N–H and O–H groups in total. The number of nitrogens with two attached hydrogens (primary N) is 1. The number of primary amides is 1. The molecule has 0 spiro atoms. The highest BCUT2D eigenvalue weighted by atomic mass is 16.5. The molecule has 1 aromatic carbocycles. The van der Waals surface area contributed by atoms with E-state index in [2.05, 4.69) is 0 Å². The van der Waals surface area contributed by atoms with Crippen molar-refractivity contribution in [1.82, 2.24) is 0 Å². The van der Waals surface area contributed by atoms with Gasteiger partial charge in [0.2, 0.25) is 0 Å². The van der Waals surface area contributed by atoms with Crippen LogP contribution in [0, 0.1) is 0 Å². The van der Waals surface area contributed by atoms with Crippen LogP contribution in [-0.2, 0) is 0 Å². The van der Waals surface area contributed by atoms with E-state index in [4.69, 9.17) is 14.9 Å². The van der Waals surface area contributed by atoms with Gasteiger partial charge in [-0.3, -0.25) is 4.79 Å². The summed E-state index contributed by atoms with van der Waals surface area (Å²) in [6.07, 6.45) is 0. The summed E-state index contributed by atoms with van der Waals surface area (Å²) in [6, 6.07) is 10.6. The summed E-state index contributed by atoms with van der Waals surface area (Å²) in [7, 11) is 1.59. The Kier molecular flexibility index (Phi) is 2.64. The van der Waals surface area contributed by atoms with Gasteiger partial charge < -0.3 is 14.9 Å². The van der Waals surface area contributed by atoms with E-state index >= 15 is 0 Å². The fraction of sp³-hybridized carbons (Fsp3) is 0.0833. The zero-order chi connectivity index (χ0) is 11.5. The van der Waals surface area contributed by atoms with Crippen molar-refractivity contribution in [3.8, 4) is 17.1 Å². The van der Waals surface area contributed by atoms with Crippen LogP contribution < -0.4 is 10.5 Å². The van der Waals surface area contributed by atoms with Crippen LogP contribution in [0.5, 0.6) is 5.75 Å². The zero-order valence-corrected chi connectivity index (χ0v) is 8.77. The Hall–Kier alpha value is -2.23. The molecule has 0 aliphatic heterocycles. The Bertz CT molecular complexity index is 516. The number of amides is 1. The van der Waals surface area contributed by atoms with Gasteiger partial charge in [0.05, 0.1) is 7.11 Å². The highest BCUT2D eigenvalue weighted by Gasteiger charge is 2.08. The molecule has 0 fully saturated rings. The SMILES string of the molecule is COc1cccc(-c2ccc(C(N)=O)o2)c1. The third kappa shape index (κ3) is 1.91. The first kappa shape index (κ1) is 10.3. The lowest BCUT2D eigenvalue weighted by Gasteiger charge is -2.01. The number of hydrogen-bond donors (Lipinski definition) is 1. The summed E-state index contributed by atoms with van der Waals surface area (Å²) in [5.74, 6) is 0.897. The quantitative estimate of drug-likeness (QED) is 0.855. The van der Waals surface area contributed by atoms with E-state index < -0.39 is 5.91 Å². The van der Waals surface area contributed by atoms with Gasteiger partial charge in [0.25, 0.3) is 5.91 Å². The molecular weight excluding hydrogens is 206 g/mol. The van der Waals surface area contributed by atoms with Gasteiger partial charge >= 0.3 is 0 Å². The van der Waals surface area contributed by atoms with Crippen LogP contribution in [-0.4, -0.2) is 13.0 Å². The van der Waals surface area contributed by atoms with Gasteiger partial charge in [-0.1, -0.05) is 12.1 Å². The predicted molar refractivity (Wildman–Crippen MR) is 59.2 cm³/mol. The number of carbonyl (C=O) groups excluding carboxylic acids is 1. The van der Waals surface area contributed by atoms with Crippen molar-refractivity contribution >= 4 is 5.91 Å². The maximum atomic E-state index is 10.9. The summed E-state index contributed by atoms with van der Waals surface area (Å²) < 4.78 is 10.4. The number of ether oxygens (including phenoxy) is 1. The minimum atomic E-state index is -0.575. The van der Waals surface area contributed by atoms with Gasteiger partial charge in [0.1, 0.15) is 11.5 Å². The van der Waals surface area contributed by atoms with Gasteiger partial charge in [0, 0.05) is 5.56 Å². The smallest absolute Gasteiger partial charge is 0.284 e. The molecule has 4 nitrogen and oxygen atoms in total. The van der Waals surface area contributed by atoms with Crippen LogP contribution in [0.4, 0.5) is 0 Å². The van der Waals surface area contributed by atoms with Crippen LogP contribution >= 0.6 is 0 Å². The molecule has 82 valence electrons. The molecule has 0 unspecified atom stereocenters. The number of carbonyl (C=O) groups is 1. The Morgan fingerprint density at radius 3 is 2.75 bits per heavy atom. The molecule has 0 aliphatic carbocycles. The summed E-state index contributed by atoms with van der Waals surface area (Å²) in [5, 5.41) is 0. The number of benzene rings is 1. The first-order valence-corrected chi connectivity index (χ1v) is 4.75. The Labute approximate surface area is 92.6 Å². The van der Waals surface area contributed by atoms with Crippen LogP contribution in [0.15, 0.2) is 40.8 Å². The van der Waals surface area contributed by atoms with Crippen molar-refractivity contribution in [2.75, 3.05) is 7.11 Å². The number of methoxy groups -OCH3 is 1. The fourth-order valence-electron chi connectivity index (χ4n) is 1.40. The van der Waals surface area contributed by atoms with Crippen molar-refractivity contribution in [2.45, 2.75) is 0 Å². The standard InChI is InChI=1S/C12H11NO3/c1-15-9-4-2-3-8(7-9)10-5-6-11(16-10)12(13)14/h2-7H,1H3,(H2,13,14). The van der Waals surface area contributed by atoms with Crippen molar-refractivity contribution in [1.29, 1.82) is 0 Å². The lowest BCUT2D eigenvalue weighted by atomic mass is 10.2. The van der Waals surface area contributed by atoms with Gasteiger partial charge in [0.15, 0.2) is 5.76 Å². The van der Waals surface area contributed by atoms with Crippen molar-refractivity contribution in [3.05, 3.63) is 42.2 Å². The van der Waals surface area contributed by atoms with E-state index in [1.54, 1.807) is 19.2 Å². The molecule has 0 saturated heterocycles. The lowest BCUT2D eigenvalue weighted by molar-refractivity contribution is 0.0975. The number of hydrogen-bond acceptors (Lipinski definition) is 3. The van der Waals surface area contributed by atoms with E-state index in [1.807, 2.05) is 24.3 Å². The molecule has 0 saturated carbocycles. The molecule has 1 heterocycles. The molecule has 0 radical (unpaired) electrons. The normalized spacial score (nSPS) is 10.1. The zero-order valence-electron chi connectivity index (χ0n) is 8.77. The molecule has 0 aliphatic rings. The third-order valence-electron chi connectivity index (χ3n) is 2.20.